The smallest absolute Gasteiger partial charge is 0.255 e. The van der Waals surface area contributed by atoms with Crippen LogP contribution in [-0.4, -0.2) is 38.8 Å². The Morgan fingerprint density at radius 2 is 1.72 bits per heavy atom. The number of fused-ring (bicyclic) bond motifs is 1. The van der Waals surface area contributed by atoms with Crippen molar-refractivity contribution in [3.8, 4) is 5.75 Å². The van der Waals surface area contributed by atoms with Gasteiger partial charge in [0.15, 0.2) is 0 Å². The highest BCUT2D eigenvalue weighted by atomic mass is 32.2. The number of carbonyl (C=O) groups excluding carboxylic acids is 1. The van der Waals surface area contributed by atoms with Crippen LogP contribution in [0.15, 0.2) is 65.6 Å². The molecule has 0 bridgehead atoms. The number of methoxy groups -OCH3 is 1. The van der Waals surface area contributed by atoms with Crippen molar-refractivity contribution < 1.29 is 17.9 Å². The van der Waals surface area contributed by atoms with Gasteiger partial charge in [0, 0.05) is 29.7 Å². The van der Waals surface area contributed by atoms with Gasteiger partial charge < -0.3 is 10.1 Å². The number of nitrogens with one attached hydrogen (secondary N) is 1. The fourth-order valence-corrected chi connectivity index (χ4v) is 5.31. The number of hydrogen-bond donors (Lipinski definition) is 1. The van der Waals surface area contributed by atoms with Crippen molar-refractivity contribution in [2.75, 3.05) is 25.5 Å². The Morgan fingerprint density at radius 1 is 1.00 bits per heavy atom. The highest BCUT2D eigenvalue weighted by Gasteiger charge is 2.30. The first kappa shape index (κ1) is 19.4. The van der Waals surface area contributed by atoms with E-state index in [0.717, 1.165) is 23.6 Å². The van der Waals surface area contributed by atoms with E-state index in [1.807, 2.05) is 42.5 Å². The normalized spacial score (nSPS) is 14.8. The number of benzene rings is 3. The summed E-state index contributed by atoms with van der Waals surface area (Å²) in [6.07, 6.45) is 1.67. The van der Waals surface area contributed by atoms with Gasteiger partial charge in [-0.25, -0.2) is 8.42 Å². The molecular weight excluding hydrogens is 388 g/mol. The molecule has 1 amide bonds. The van der Waals surface area contributed by atoms with E-state index < -0.39 is 10.0 Å². The fourth-order valence-electron chi connectivity index (χ4n) is 3.62. The summed E-state index contributed by atoms with van der Waals surface area (Å²) in [5.41, 5.74) is 0.935. The molecule has 1 aliphatic heterocycles. The fraction of sp³-hybridized carbons (Fsp3) is 0.227. The van der Waals surface area contributed by atoms with Gasteiger partial charge in [-0.05, 0) is 42.5 Å². The molecule has 1 fully saturated rings. The molecule has 1 N–H and O–H groups in total. The third kappa shape index (κ3) is 3.71. The molecule has 150 valence electrons. The van der Waals surface area contributed by atoms with Gasteiger partial charge >= 0.3 is 0 Å². The van der Waals surface area contributed by atoms with Gasteiger partial charge in [0.05, 0.1) is 7.11 Å². The number of rotatable bonds is 5. The van der Waals surface area contributed by atoms with E-state index in [-0.39, 0.29) is 22.1 Å². The predicted octanol–water partition coefficient (Wildman–Crippen LogP) is 3.89. The number of anilines is 1. The molecule has 29 heavy (non-hydrogen) atoms. The molecular formula is C22H22N2O4S. The molecule has 1 aliphatic rings. The molecule has 3 aromatic carbocycles. The number of ether oxygens (including phenoxy) is 1. The molecule has 7 heteroatoms. The molecule has 0 atom stereocenters. The van der Waals surface area contributed by atoms with Crippen LogP contribution in [0, 0.1) is 0 Å². The first-order chi connectivity index (χ1) is 14.0. The highest BCUT2D eigenvalue weighted by molar-refractivity contribution is 7.89. The summed E-state index contributed by atoms with van der Waals surface area (Å²) in [7, 11) is -2.29. The number of amides is 1. The molecule has 6 nitrogen and oxygen atoms in total. The molecule has 3 aromatic rings. The van der Waals surface area contributed by atoms with E-state index in [9.17, 15) is 13.2 Å². The van der Waals surface area contributed by atoms with Crippen molar-refractivity contribution >= 4 is 32.4 Å². The lowest BCUT2D eigenvalue weighted by Crippen LogP contribution is -2.28. The Hall–Kier alpha value is -2.90. The molecule has 0 radical (unpaired) electrons. The summed E-state index contributed by atoms with van der Waals surface area (Å²) in [4.78, 5) is 12.9. The highest BCUT2D eigenvalue weighted by Crippen LogP contribution is 2.30. The Kier molecular flexibility index (Phi) is 5.25. The predicted molar refractivity (Wildman–Crippen MR) is 113 cm³/mol. The maximum absolute atomic E-state index is 13.0. The van der Waals surface area contributed by atoms with E-state index in [0.29, 0.717) is 18.8 Å². The maximum atomic E-state index is 13.0. The van der Waals surface area contributed by atoms with Crippen molar-refractivity contribution in [3.05, 3.63) is 66.2 Å². The summed E-state index contributed by atoms with van der Waals surface area (Å²) in [6, 6.07) is 17.9. The maximum Gasteiger partial charge on any atom is 0.255 e. The second-order valence-electron chi connectivity index (χ2n) is 6.96. The van der Waals surface area contributed by atoms with Crippen molar-refractivity contribution in [2.24, 2.45) is 0 Å². The van der Waals surface area contributed by atoms with Gasteiger partial charge in [0.1, 0.15) is 10.6 Å². The van der Waals surface area contributed by atoms with Crippen molar-refractivity contribution in [3.63, 3.8) is 0 Å². The van der Waals surface area contributed by atoms with E-state index in [2.05, 4.69) is 5.32 Å². The first-order valence-corrected chi connectivity index (χ1v) is 10.9. The molecule has 1 heterocycles. The largest absolute Gasteiger partial charge is 0.495 e. The van der Waals surface area contributed by atoms with Crippen molar-refractivity contribution in [1.82, 2.24) is 4.31 Å². The average Bonchev–Trinajstić information content (AvgIpc) is 3.29. The third-order valence-electron chi connectivity index (χ3n) is 5.15. The number of sulfonamides is 1. The molecule has 0 spiro atoms. The SMILES string of the molecule is COc1ccc(C(=O)Nc2cccc3ccccc23)cc1S(=O)(=O)N1CCCC1. The van der Waals surface area contributed by atoms with Crippen LogP contribution in [0.1, 0.15) is 23.2 Å². The zero-order valence-electron chi connectivity index (χ0n) is 16.1. The lowest BCUT2D eigenvalue weighted by molar-refractivity contribution is 0.102. The van der Waals surface area contributed by atoms with E-state index in [1.165, 1.54) is 23.5 Å². The van der Waals surface area contributed by atoms with Crippen LogP contribution in [0.25, 0.3) is 10.8 Å². The van der Waals surface area contributed by atoms with Crippen molar-refractivity contribution in [2.45, 2.75) is 17.7 Å². The standard InChI is InChI=1S/C22H22N2O4S/c1-28-20-12-11-17(15-21(20)29(26,27)24-13-4-5-14-24)22(25)23-19-10-6-8-16-7-2-3-9-18(16)19/h2-3,6-12,15H,4-5,13-14H2,1H3,(H,23,25). The second kappa shape index (κ2) is 7.85. The minimum Gasteiger partial charge on any atom is -0.495 e. The first-order valence-electron chi connectivity index (χ1n) is 9.48. The molecule has 0 saturated carbocycles. The lowest BCUT2D eigenvalue weighted by atomic mass is 10.1. The van der Waals surface area contributed by atoms with Crippen LogP contribution in [0.2, 0.25) is 0 Å². The van der Waals surface area contributed by atoms with E-state index in [4.69, 9.17) is 4.74 Å². The Bertz CT molecular complexity index is 1160. The molecule has 0 unspecified atom stereocenters. The number of carbonyl (C=O) groups is 1. The molecule has 0 aromatic heterocycles. The topological polar surface area (TPSA) is 75.7 Å². The average molecular weight is 410 g/mol. The second-order valence-corrected chi connectivity index (χ2v) is 8.86. The summed E-state index contributed by atoms with van der Waals surface area (Å²) in [5.74, 6) is -0.138. The zero-order valence-corrected chi connectivity index (χ0v) is 16.9. The van der Waals surface area contributed by atoms with E-state index >= 15 is 0 Å². The summed E-state index contributed by atoms with van der Waals surface area (Å²) >= 11 is 0. The Labute approximate surface area is 170 Å². The van der Waals surface area contributed by atoms with Gasteiger partial charge in [0.25, 0.3) is 5.91 Å². The molecule has 4 rings (SSSR count). The van der Waals surface area contributed by atoms with Crippen LogP contribution in [0.4, 0.5) is 5.69 Å². The quantitative estimate of drug-likeness (QED) is 0.693. The van der Waals surface area contributed by atoms with Gasteiger partial charge in [-0.15, -0.1) is 0 Å². The summed E-state index contributed by atoms with van der Waals surface area (Å²) in [6.45, 7) is 0.968. The van der Waals surface area contributed by atoms with Crippen LogP contribution in [-0.2, 0) is 10.0 Å². The minimum absolute atomic E-state index is 0.0208. The third-order valence-corrected chi connectivity index (χ3v) is 7.07. The summed E-state index contributed by atoms with van der Waals surface area (Å²) < 4.78 is 32.8. The van der Waals surface area contributed by atoms with Crippen LogP contribution in [0.5, 0.6) is 5.75 Å². The van der Waals surface area contributed by atoms with Crippen LogP contribution >= 0.6 is 0 Å². The monoisotopic (exact) mass is 410 g/mol. The van der Waals surface area contributed by atoms with Gasteiger partial charge in [-0.3, -0.25) is 4.79 Å². The van der Waals surface area contributed by atoms with Gasteiger partial charge in [-0.1, -0.05) is 36.4 Å². The van der Waals surface area contributed by atoms with Crippen LogP contribution in [0.3, 0.4) is 0 Å². The Balaban J connectivity index is 1.69. The number of nitrogens with zero attached hydrogens (tertiary/aromatic N) is 1. The molecule has 1 saturated heterocycles. The summed E-state index contributed by atoms with van der Waals surface area (Å²) in [5, 5.41) is 4.83. The lowest BCUT2D eigenvalue weighted by Gasteiger charge is -2.18. The zero-order chi connectivity index (χ0) is 20.4. The number of hydrogen-bond acceptors (Lipinski definition) is 4. The van der Waals surface area contributed by atoms with Gasteiger partial charge in [-0.2, -0.15) is 4.31 Å². The van der Waals surface area contributed by atoms with E-state index in [1.54, 1.807) is 6.07 Å². The minimum atomic E-state index is -3.72. The van der Waals surface area contributed by atoms with Crippen molar-refractivity contribution in [1.29, 1.82) is 0 Å². The molecule has 0 aliphatic carbocycles. The van der Waals surface area contributed by atoms with Gasteiger partial charge in [0.2, 0.25) is 10.0 Å². The Morgan fingerprint density at radius 3 is 2.48 bits per heavy atom. The van der Waals surface area contributed by atoms with Crippen LogP contribution < -0.4 is 10.1 Å².